The summed E-state index contributed by atoms with van der Waals surface area (Å²) in [5.41, 5.74) is 7.39. The van der Waals surface area contributed by atoms with Crippen molar-refractivity contribution in [2.75, 3.05) is 12.3 Å². The molecule has 1 aromatic heterocycles. The Morgan fingerprint density at radius 2 is 2.30 bits per heavy atom. The SMILES string of the molecule is CCCOc1ccc(C=Nn2cc(C)nc2N)cc1Cl. The van der Waals surface area contributed by atoms with E-state index in [9.17, 15) is 0 Å². The molecule has 1 aromatic carbocycles. The van der Waals surface area contributed by atoms with E-state index in [1.54, 1.807) is 18.5 Å². The number of nitrogens with zero attached hydrogens (tertiary/aromatic N) is 3. The monoisotopic (exact) mass is 292 g/mol. The fourth-order valence-corrected chi connectivity index (χ4v) is 1.90. The Labute approximate surface area is 123 Å². The van der Waals surface area contributed by atoms with E-state index in [0.29, 0.717) is 23.3 Å². The van der Waals surface area contributed by atoms with Crippen molar-refractivity contribution in [3.8, 4) is 5.75 Å². The van der Waals surface area contributed by atoms with Crippen molar-refractivity contribution < 1.29 is 4.74 Å². The summed E-state index contributed by atoms with van der Waals surface area (Å²) in [7, 11) is 0. The van der Waals surface area contributed by atoms with Gasteiger partial charge in [0.1, 0.15) is 5.75 Å². The van der Waals surface area contributed by atoms with Gasteiger partial charge in [0.2, 0.25) is 5.95 Å². The molecule has 0 saturated heterocycles. The van der Waals surface area contributed by atoms with Crippen LogP contribution in [0, 0.1) is 6.92 Å². The second-order valence-corrected chi connectivity index (χ2v) is 4.78. The standard InChI is InChI=1S/C14H17ClN4O/c1-3-6-20-13-5-4-11(7-12(13)15)8-17-19-9-10(2)18-14(19)16/h4-5,7-9H,3,6H2,1-2H3,(H2,16,18). The summed E-state index contributed by atoms with van der Waals surface area (Å²) in [5, 5.41) is 4.80. The third kappa shape index (κ3) is 3.51. The smallest absolute Gasteiger partial charge is 0.221 e. The van der Waals surface area contributed by atoms with Crippen LogP contribution in [0.5, 0.6) is 5.75 Å². The summed E-state index contributed by atoms with van der Waals surface area (Å²) in [6.07, 6.45) is 4.37. The second-order valence-electron chi connectivity index (χ2n) is 4.37. The third-order valence-electron chi connectivity index (χ3n) is 2.58. The minimum atomic E-state index is 0.354. The molecule has 6 heteroatoms. The maximum atomic E-state index is 6.15. The van der Waals surface area contributed by atoms with Crippen molar-refractivity contribution in [1.29, 1.82) is 0 Å². The number of benzene rings is 1. The van der Waals surface area contributed by atoms with Crippen molar-refractivity contribution in [3.05, 3.63) is 40.7 Å². The van der Waals surface area contributed by atoms with Crippen LogP contribution >= 0.6 is 11.6 Å². The molecule has 5 nitrogen and oxygen atoms in total. The zero-order valence-corrected chi connectivity index (χ0v) is 12.3. The van der Waals surface area contributed by atoms with E-state index >= 15 is 0 Å². The lowest BCUT2D eigenvalue weighted by Gasteiger charge is -2.06. The van der Waals surface area contributed by atoms with Gasteiger partial charge in [-0.05, 0) is 37.1 Å². The number of halogens is 1. The fourth-order valence-electron chi connectivity index (χ4n) is 1.65. The summed E-state index contributed by atoms with van der Waals surface area (Å²) in [4.78, 5) is 4.07. The maximum absolute atomic E-state index is 6.15. The summed E-state index contributed by atoms with van der Waals surface area (Å²) in [6, 6.07) is 5.53. The Balaban J connectivity index is 2.14. The molecule has 0 aliphatic heterocycles. The highest BCUT2D eigenvalue weighted by molar-refractivity contribution is 6.32. The number of aryl methyl sites for hydroxylation is 1. The molecule has 0 amide bonds. The van der Waals surface area contributed by atoms with Crippen LogP contribution in [0.1, 0.15) is 24.6 Å². The van der Waals surface area contributed by atoms with Crippen molar-refractivity contribution in [1.82, 2.24) is 9.66 Å². The molecule has 0 radical (unpaired) electrons. The van der Waals surface area contributed by atoms with Gasteiger partial charge in [-0.25, -0.2) is 9.66 Å². The molecule has 2 aromatic rings. The molecule has 0 atom stereocenters. The summed E-state index contributed by atoms with van der Waals surface area (Å²) in [5.74, 6) is 1.04. The number of hydrogen-bond donors (Lipinski definition) is 1. The average molecular weight is 293 g/mol. The predicted molar refractivity (Wildman–Crippen MR) is 81.6 cm³/mol. The molecule has 0 unspecified atom stereocenters. The number of nitrogens with two attached hydrogens (primary N) is 1. The highest BCUT2D eigenvalue weighted by atomic mass is 35.5. The number of ether oxygens (including phenoxy) is 1. The van der Waals surface area contributed by atoms with Crippen LogP contribution in [0.15, 0.2) is 29.5 Å². The molecular formula is C14H17ClN4O. The van der Waals surface area contributed by atoms with E-state index in [1.165, 1.54) is 4.68 Å². The van der Waals surface area contributed by atoms with Crippen LogP contribution in [0.4, 0.5) is 5.95 Å². The molecule has 0 spiro atoms. The first-order chi connectivity index (χ1) is 9.60. The Kier molecular flexibility index (Phi) is 4.63. The van der Waals surface area contributed by atoms with Gasteiger partial charge in [0.05, 0.1) is 29.7 Å². The van der Waals surface area contributed by atoms with Crippen LogP contribution in [0.25, 0.3) is 0 Å². The summed E-state index contributed by atoms with van der Waals surface area (Å²) < 4.78 is 7.03. The van der Waals surface area contributed by atoms with Crippen LogP contribution in [-0.2, 0) is 0 Å². The van der Waals surface area contributed by atoms with Crippen molar-refractivity contribution >= 4 is 23.8 Å². The predicted octanol–water partition coefficient (Wildman–Crippen LogP) is 3.10. The Bertz CT molecular complexity index is 622. The molecule has 106 valence electrons. The van der Waals surface area contributed by atoms with E-state index in [2.05, 4.69) is 10.1 Å². The lowest BCUT2D eigenvalue weighted by Crippen LogP contribution is -1.98. The zero-order chi connectivity index (χ0) is 14.5. The average Bonchev–Trinajstić information content (AvgIpc) is 2.73. The van der Waals surface area contributed by atoms with E-state index in [-0.39, 0.29) is 0 Å². The Morgan fingerprint density at radius 3 is 2.90 bits per heavy atom. The Morgan fingerprint density at radius 1 is 1.50 bits per heavy atom. The normalized spacial score (nSPS) is 11.2. The lowest BCUT2D eigenvalue weighted by atomic mass is 10.2. The first kappa shape index (κ1) is 14.4. The van der Waals surface area contributed by atoms with Gasteiger partial charge in [0, 0.05) is 0 Å². The lowest BCUT2D eigenvalue weighted by molar-refractivity contribution is 0.317. The molecule has 0 fully saturated rings. The van der Waals surface area contributed by atoms with Gasteiger partial charge in [-0.1, -0.05) is 18.5 Å². The minimum Gasteiger partial charge on any atom is -0.492 e. The molecule has 0 aliphatic rings. The molecule has 2 rings (SSSR count). The van der Waals surface area contributed by atoms with Crippen LogP contribution < -0.4 is 10.5 Å². The summed E-state index contributed by atoms with van der Waals surface area (Å²) >= 11 is 6.15. The first-order valence-corrected chi connectivity index (χ1v) is 6.76. The molecule has 0 saturated carbocycles. The number of nitrogen functional groups attached to an aromatic ring is 1. The van der Waals surface area contributed by atoms with E-state index in [0.717, 1.165) is 17.7 Å². The molecule has 20 heavy (non-hydrogen) atoms. The van der Waals surface area contributed by atoms with Crippen LogP contribution in [0.3, 0.4) is 0 Å². The number of aromatic nitrogens is 2. The van der Waals surface area contributed by atoms with Gasteiger partial charge >= 0.3 is 0 Å². The van der Waals surface area contributed by atoms with Crippen LogP contribution in [-0.4, -0.2) is 22.5 Å². The van der Waals surface area contributed by atoms with Gasteiger partial charge < -0.3 is 10.5 Å². The molecule has 1 heterocycles. The van der Waals surface area contributed by atoms with E-state index in [4.69, 9.17) is 22.1 Å². The van der Waals surface area contributed by atoms with Gasteiger partial charge in [0.15, 0.2) is 0 Å². The fraction of sp³-hybridized carbons (Fsp3) is 0.286. The highest BCUT2D eigenvalue weighted by Gasteiger charge is 2.02. The molecule has 0 bridgehead atoms. The minimum absolute atomic E-state index is 0.354. The first-order valence-electron chi connectivity index (χ1n) is 6.38. The highest BCUT2D eigenvalue weighted by Crippen LogP contribution is 2.25. The van der Waals surface area contributed by atoms with Crippen LogP contribution in [0.2, 0.25) is 5.02 Å². The Hall–Kier alpha value is -2.01. The maximum Gasteiger partial charge on any atom is 0.221 e. The van der Waals surface area contributed by atoms with Gasteiger partial charge in [0.25, 0.3) is 0 Å². The van der Waals surface area contributed by atoms with E-state index in [1.807, 2.05) is 26.0 Å². The topological polar surface area (TPSA) is 65.4 Å². The van der Waals surface area contributed by atoms with Gasteiger partial charge in [-0.2, -0.15) is 5.10 Å². The van der Waals surface area contributed by atoms with E-state index < -0.39 is 0 Å². The van der Waals surface area contributed by atoms with Crippen molar-refractivity contribution in [2.24, 2.45) is 5.10 Å². The number of anilines is 1. The van der Waals surface area contributed by atoms with Crippen molar-refractivity contribution in [3.63, 3.8) is 0 Å². The van der Waals surface area contributed by atoms with Crippen molar-refractivity contribution in [2.45, 2.75) is 20.3 Å². The second kappa shape index (κ2) is 6.43. The summed E-state index contributed by atoms with van der Waals surface area (Å²) in [6.45, 7) is 4.56. The third-order valence-corrected chi connectivity index (χ3v) is 2.88. The van der Waals surface area contributed by atoms with Gasteiger partial charge in [-0.15, -0.1) is 0 Å². The molecular weight excluding hydrogens is 276 g/mol. The zero-order valence-electron chi connectivity index (χ0n) is 11.5. The molecule has 2 N–H and O–H groups in total. The number of rotatable bonds is 5. The quantitative estimate of drug-likeness (QED) is 0.861. The number of hydrogen-bond acceptors (Lipinski definition) is 4. The largest absolute Gasteiger partial charge is 0.492 e. The molecule has 0 aliphatic carbocycles. The van der Waals surface area contributed by atoms with Gasteiger partial charge in [-0.3, -0.25) is 0 Å². The number of imidazole rings is 1.